The molecule has 0 saturated heterocycles. The first-order chi connectivity index (χ1) is 16.1. The van der Waals surface area contributed by atoms with E-state index < -0.39 is 11.9 Å². The predicted octanol–water partition coefficient (Wildman–Crippen LogP) is 2.84. The Morgan fingerprint density at radius 3 is 2.71 bits per heavy atom. The average Bonchev–Trinajstić information content (AvgIpc) is 3.24. The Hall–Kier alpha value is -3.90. The second-order valence-corrected chi connectivity index (χ2v) is 7.87. The van der Waals surface area contributed by atoms with E-state index in [2.05, 4.69) is 30.7 Å². The van der Waals surface area contributed by atoms with Crippen LogP contribution in [0.15, 0.2) is 24.5 Å². The Morgan fingerprint density at radius 1 is 1.24 bits per heavy atom. The number of nitrogens with one attached hydrogen (secondary N) is 2. The first kappa shape index (κ1) is 23.3. The molecule has 0 spiro atoms. The quantitative estimate of drug-likeness (QED) is 0.559. The van der Waals surface area contributed by atoms with Crippen molar-refractivity contribution in [1.82, 2.24) is 24.7 Å². The fourth-order valence-electron chi connectivity index (χ4n) is 3.49. The van der Waals surface area contributed by atoms with Gasteiger partial charge < -0.3 is 20.3 Å². The largest absolute Gasteiger partial charge is 0.481 e. The van der Waals surface area contributed by atoms with Crippen molar-refractivity contribution in [2.75, 3.05) is 29.7 Å². The summed E-state index contributed by atoms with van der Waals surface area (Å²) in [7, 11) is 3.07. The van der Waals surface area contributed by atoms with Gasteiger partial charge in [0.05, 0.1) is 25.5 Å². The number of fused-ring (bicyclic) bond motifs is 1. The molecular formula is C21H23F3N8O2. The van der Waals surface area contributed by atoms with Gasteiger partial charge in [-0.2, -0.15) is 23.3 Å². The van der Waals surface area contributed by atoms with Crippen LogP contribution in [0.2, 0.25) is 0 Å². The maximum Gasteiger partial charge on any atom is 0.433 e. The highest BCUT2D eigenvalue weighted by Gasteiger charge is 2.33. The van der Waals surface area contributed by atoms with Crippen LogP contribution in [-0.2, 0) is 24.1 Å². The molecule has 4 heterocycles. The number of rotatable bonds is 6. The number of hydrogen-bond donors (Lipinski definition) is 2. The zero-order chi connectivity index (χ0) is 24.6. The van der Waals surface area contributed by atoms with Crippen LogP contribution >= 0.6 is 0 Å². The number of nitrogens with zero attached hydrogens (tertiary/aromatic N) is 6. The van der Waals surface area contributed by atoms with E-state index in [1.165, 1.54) is 13.2 Å². The van der Waals surface area contributed by atoms with Gasteiger partial charge in [0, 0.05) is 30.9 Å². The highest BCUT2D eigenvalue weighted by atomic mass is 19.4. The summed E-state index contributed by atoms with van der Waals surface area (Å²) in [6.45, 7) is 4.13. The molecule has 180 valence electrons. The maximum atomic E-state index is 12.9. The predicted molar refractivity (Wildman–Crippen MR) is 118 cm³/mol. The molecule has 13 heteroatoms. The van der Waals surface area contributed by atoms with Crippen LogP contribution in [0.1, 0.15) is 29.4 Å². The summed E-state index contributed by atoms with van der Waals surface area (Å²) in [6, 6.07) is 1.89. The number of likely N-dealkylation sites (N-methyl/N-ethyl adjacent to an activating group) is 1. The summed E-state index contributed by atoms with van der Waals surface area (Å²) in [4.78, 5) is 26.3. The lowest BCUT2D eigenvalue weighted by Crippen LogP contribution is -2.44. The molecule has 0 radical (unpaired) electrons. The highest BCUT2D eigenvalue weighted by Crippen LogP contribution is 2.32. The summed E-state index contributed by atoms with van der Waals surface area (Å²) in [5.41, 5.74) is 1.48. The lowest BCUT2D eigenvalue weighted by molar-refractivity contribution is -0.141. The third kappa shape index (κ3) is 4.58. The molecule has 34 heavy (non-hydrogen) atoms. The van der Waals surface area contributed by atoms with Crippen molar-refractivity contribution in [1.29, 1.82) is 0 Å². The Balaban J connectivity index is 1.46. The Morgan fingerprint density at radius 2 is 2.00 bits per heavy atom. The number of hydrogen-bond acceptors (Lipinski definition) is 8. The van der Waals surface area contributed by atoms with Gasteiger partial charge in [0.15, 0.2) is 5.82 Å². The van der Waals surface area contributed by atoms with E-state index in [-0.39, 0.29) is 24.4 Å². The van der Waals surface area contributed by atoms with Crippen molar-refractivity contribution in [2.24, 2.45) is 0 Å². The molecule has 3 aromatic rings. The van der Waals surface area contributed by atoms with Gasteiger partial charge >= 0.3 is 6.18 Å². The van der Waals surface area contributed by atoms with Crippen LogP contribution in [0, 0.1) is 6.92 Å². The minimum atomic E-state index is -4.55. The SMILES string of the molecule is COc1nc(C(F)(F)F)ccc1Cn1cc(CNc2nc(C)c3c(n2)N(C)[C@@H](C)C(=O)N3)cn1. The van der Waals surface area contributed by atoms with Crippen LogP contribution in [0.25, 0.3) is 0 Å². The molecule has 0 bridgehead atoms. The van der Waals surface area contributed by atoms with Crippen LogP contribution < -0.4 is 20.3 Å². The molecule has 1 amide bonds. The van der Waals surface area contributed by atoms with Gasteiger partial charge in [-0.1, -0.05) is 0 Å². The maximum absolute atomic E-state index is 12.9. The van der Waals surface area contributed by atoms with E-state index in [4.69, 9.17) is 4.74 Å². The summed E-state index contributed by atoms with van der Waals surface area (Å²) >= 11 is 0. The van der Waals surface area contributed by atoms with Crippen LogP contribution in [0.5, 0.6) is 5.88 Å². The van der Waals surface area contributed by atoms with Gasteiger partial charge in [-0.25, -0.2) is 9.97 Å². The number of ether oxygens (including phenoxy) is 1. The molecule has 3 aromatic heterocycles. The third-order valence-corrected chi connectivity index (χ3v) is 5.51. The lowest BCUT2D eigenvalue weighted by atomic mass is 10.2. The standard InChI is InChI=1S/C21H23F3N8O2/c1-11-16-17(31(3)12(2)18(33)29-16)30-20(27-11)25-7-13-8-26-32(9-13)10-14-5-6-15(21(22,23)24)28-19(14)34-4/h5-6,8-9,12H,7,10H2,1-4H3,(H,29,33)(H,25,27,30)/t12-/m0/s1. The highest BCUT2D eigenvalue weighted by molar-refractivity contribution is 6.03. The summed E-state index contributed by atoms with van der Waals surface area (Å²) < 4.78 is 45.3. The Bertz CT molecular complexity index is 1230. The molecule has 1 aliphatic heterocycles. The number of methoxy groups -OCH3 is 1. The molecule has 2 N–H and O–H groups in total. The van der Waals surface area contributed by atoms with E-state index in [1.807, 2.05) is 0 Å². The molecule has 4 rings (SSSR count). The zero-order valence-corrected chi connectivity index (χ0v) is 18.9. The van der Waals surface area contributed by atoms with E-state index >= 15 is 0 Å². The van der Waals surface area contributed by atoms with E-state index in [9.17, 15) is 18.0 Å². The summed E-state index contributed by atoms with van der Waals surface area (Å²) in [5.74, 6) is 0.801. The molecule has 0 aromatic carbocycles. The van der Waals surface area contributed by atoms with Crippen molar-refractivity contribution in [3.8, 4) is 5.88 Å². The second kappa shape index (κ2) is 8.80. The normalized spacial score (nSPS) is 15.7. The van der Waals surface area contributed by atoms with Crippen molar-refractivity contribution in [2.45, 2.75) is 39.2 Å². The number of alkyl halides is 3. The minimum Gasteiger partial charge on any atom is -0.481 e. The number of pyridine rings is 1. The first-order valence-electron chi connectivity index (χ1n) is 10.4. The van der Waals surface area contributed by atoms with E-state index in [0.717, 1.165) is 11.6 Å². The molecule has 0 aliphatic carbocycles. The molecule has 10 nitrogen and oxygen atoms in total. The summed E-state index contributed by atoms with van der Waals surface area (Å²) in [6.07, 6.45) is -1.16. The number of carbonyl (C=O) groups excluding carboxylic acids is 1. The van der Waals surface area contributed by atoms with Gasteiger partial charge in [-0.05, 0) is 26.0 Å². The van der Waals surface area contributed by atoms with Crippen LogP contribution in [0.4, 0.5) is 30.6 Å². The van der Waals surface area contributed by atoms with Crippen LogP contribution in [-0.4, -0.2) is 50.8 Å². The molecule has 0 unspecified atom stereocenters. The van der Waals surface area contributed by atoms with Gasteiger partial charge in [0.1, 0.15) is 17.4 Å². The third-order valence-electron chi connectivity index (χ3n) is 5.51. The number of amides is 1. The first-order valence-corrected chi connectivity index (χ1v) is 10.4. The number of carbonyl (C=O) groups is 1. The van der Waals surface area contributed by atoms with Gasteiger partial charge in [0.2, 0.25) is 17.7 Å². The molecule has 0 fully saturated rings. The molecule has 1 atom stereocenters. The van der Waals surface area contributed by atoms with Crippen molar-refractivity contribution < 1.29 is 22.7 Å². The monoisotopic (exact) mass is 476 g/mol. The minimum absolute atomic E-state index is 0.103. The molecule has 0 saturated carbocycles. The topological polar surface area (TPSA) is 110 Å². The lowest BCUT2D eigenvalue weighted by Gasteiger charge is -2.32. The van der Waals surface area contributed by atoms with Gasteiger partial charge in [-0.15, -0.1) is 0 Å². The smallest absolute Gasteiger partial charge is 0.433 e. The van der Waals surface area contributed by atoms with E-state index in [1.54, 1.807) is 42.9 Å². The van der Waals surface area contributed by atoms with Crippen molar-refractivity contribution in [3.63, 3.8) is 0 Å². The zero-order valence-electron chi connectivity index (χ0n) is 18.9. The molecule has 1 aliphatic rings. The van der Waals surface area contributed by atoms with Crippen LogP contribution in [0.3, 0.4) is 0 Å². The number of anilines is 3. The van der Waals surface area contributed by atoms with Gasteiger partial charge in [0.25, 0.3) is 0 Å². The number of aromatic nitrogens is 5. The number of halogens is 3. The summed E-state index contributed by atoms with van der Waals surface area (Å²) in [5, 5.41) is 10.2. The van der Waals surface area contributed by atoms with Crippen molar-refractivity contribution >= 4 is 23.4 Å². The fourth-order valence-corrected chi connectivity index (χ4v) is 3.49. The number of aryl methyl sites for hydroxylation is 1. The second-order valence-electron chi connectivity index (χ2n) is 7.87. The average molecular weight is 476 g/mol. The van der Waals surface area contributed by atoms with E-state index in [0.29, 0.717) is 35.3 Å². The molecular weight excluding hydrogens is 453 g/mol. The Kier molecular flexibility index (Phi) is 6.02. The fraction of sp³-hybridized carbons (Fsp3) is 0.381. The van der Waals surface area contributed by atoms with Gasteiger partial charge in [-0.3, -0.25) is 9.48 Å². The van der Waals surface area contributed by atoms with Crippen molar-refractivity contribution in [3.05, 3.63) is 47.0 Å². The Labute approximate surface area is 193 Å².